The van der Waals surface area contributed by atoms with Crippen molar-refractivity contribution in [2.24, 2.45) is 0 Å². The SMILES string of the molecule is O=C(OC(C(F)(F)F)C(F)(F)S(=O)(=O)O)C1CN1. The van der Waals surface area contributed by atoms with Crippen molar-refractivity contribution in [2.45, 2.75) is 23.6 Å². The second kappa shape index (κ2) is 4.28. The van der Waals surface area contributed by atoms with Crippen LogP contribution in [0.3, 0.4) is 0 Å². The molecule has 0 aromatic heterocycles. The molecule has 0 radical (unpaired) electrons. The Balaban J connectivity index is 3.02. The van der Waals surface area contributed by atoms with E-state index in [0.717, 1.165) is 0 Å². The van der Waals surface area contributed by atoms with Crippen molar-refractivity contribution in [3.05, 3.63) is 0 Å². The van der Waals surface area contributed by atoms with E-state index in [2.05, 4.69) is 10.1 Å². The molecule has 12 heteroatoms. The van der Waals surface area contributed by atoms with Gasteiger partial charge in [0.1, 0.15) is 6.04 Å². The molecule has 0 aromatic rings. The predicted molar refractivity (Wildman–Crippen MR) is 44.2 cm³/mol. The molecule has 6 nitrogen and oxygen atoms in total. The van der Waals surface area contributed by atoms with Crippen molar-refractivity contribution >= 4 is 16.1 Å². The average molecular weight is 299 g/mol. The molecule has 1 rings (SSSR count). The minimum absolute atomic E-state index is 0.0686. The molecule has 2 atom stereocenters. The number of rotatable bonds is 4. The van der Waals surface area contributed by atoms with Gasteiger partial charge in [0.2, 0.25) is 0 Å². The van der Waals surface area contributed by atoms with Gasteiger partial charge in [-0.05, 0) is 0 Å². The van der Waals surface area contributed by atoms with Crippen molar-refractivity contribution < 1.29 is 44.5 Å². The van der Waals surface area contributed by atoms with Crippen molar-refractivity contribution in [2.75, 3.05) is 6.54 Å². The second-order valence-corrected chi connectivity index (χ2v) is 4.85. The first kappa shape index (κ1) is 15.0. The van der Waals surface area contributed by atoms with Crippen LogP contribution < -0.4 is 5.32 Å². The maximum Gasteiger partial charge on any atom is 0.432 e. The number of hydrogen-bond acceptors (Lipinski definition) is 5. The van der Waals surface area contributed by atoms with Crippen LogP contribution in [-0.4, -0.2) is 49.1 Å². The van der Waals surface area contributed by atoms with E-state index in [0.29, 0.717) is 0 Å². The maximum atomic E-state index is 12.9. The zero-order chi connectivity index (χ0) is 14.4. The molecule has 0 saturated carbocycles. The third-order valence-corrected chi connectivity index (χ3v) is 2.78. The van der Waals surface area contributed by atoms with Gasteiger partial charge in [0.05, 0.1) is 0 Å². The van der Waals surface area contributed by atoms with Crippen LogP contribution >= 0.6 is 0 Å². The number of ether oxygens (including phenoxy) is 1. The van der Waals surface area contributed by atoms with Crippen LogP contribution in [0.5, 0.6) is 0 Å². The highest BCUT2D eigenvalue weighted by Gasteiger charge is 2.66. The standard InChI is InChI=1S/C6H6F5NO5S/c7-5(8,9)4(6(10,11)18(14,15)16)17-3(13)2-1-12-2/h2,4,12H,1H2,(H,14,15,16). The number of nitrogens with one attached hydrogen (secondary N) is 1. The first-order valence-electron chi connectivity index (χ1n) is 4.23. The molecule has 0 aliphatic carbocycles. The minimum Gasteiger partial charge on any atom is -0.444 e. The topological polar surface area (TPSA) is 103 Å². The fourth-order valence-corrected chi connectivity index (χ4v) is 1.34. The Hall–Kier alpha value is -1.01. The van der Waals surface area contributed by atoms with E-state index in [1.165, 1.54) is 0 Å². The van der Waals surface area contributed by atoms with Crippen LogP contribution in [0.25, 0.3) is 0 Å². The molecule has 0 aromatic carbocycles. The predicted octanol–water partition coefficient (Wildman–Crippen LogP) is -0.0871. The molecule has 0 amide bonds. The lowest BCUT2D eigenvalue weighted by Gasteiger charge is -2.25. The molecular formula is C6H6F5NO5S. The van der Waals surface area contributed by atoms with Crippen molar-refractivity contribution in [1.29, 1.82) is 0 Å². The number of esters is 1. The summed E-state index contributed by atoms with van der Waals surface area (Å²) in [6, 6.07) is -1.19. The molecule has 2 N–H and O–H groups in total. The molecule has 18 heavy (non-hydrogen) atoms. The van der Waals surface area contributed by atoms with E-state index in [4.69, 9.17) is 4.55 Å². The first-order chi connectivity index (χ1) is 7.87. The van der Waals surface area contributed by atoms with Gasteiger partial charge in [-0.25, -0.2) is 0 Å². The van der Waals surface area contributed by atoms with E-state index in [1.54, 1.807) is 0 Å². The van der Waals surface area contributed by atoms with E-state index < -0.39 is 39.7 Å². The van der Waals surface area contributed by atoms with Gasteiger partial charge in [-0.1, -0.05) is 0 Å². The number of alkyl halides is 5. The lowest BCUT2D eigenvalue weighted by Crippen LogP contribution is -2.52. The Bertz CT molecular complexity index is 442. The van der Waals surface area contributed by atoms with Crippen molar-refractivity contribution in [1.82, 2.24) is 5.32 Å². The van der Waals surface area contributed by atoms with Gasteiger partial charge < -0.3 is 10.1 Å². The van der Waals surface area contributed by atoms with Gasteiger partial charge in [0.15, 0.2) is 0 Å². The molecule has 0 bridgehead atoms. The summed E-state index contributed by atoms with van der Waals surface area (Å²) in [5.41, 5.74) is 0. The highest BCUT2D eigenvalue weighted by atomic mass is 32.2. The summed E-state index contributed by atoms with van der Waals surface area (Å²) < 4.78 is 94.4. The quantitative estimate of drug-likeness (QED) is 0.325. The number of carbonyl (C=O) groups is 1. The highest BCUT2D eigenvalue weighted by molar-refractivity contribution is 7.86. The van der Waals surface area contributed by atoms with Gasteiger partial charge in [0.25, 0.3) is 6.10 Å². The molecule has 1 aliphatic heterocycles. The molecule has 1 fully saturated rings. The summed E-state index contributed by atoms with van der Waals surface area (Å²) >= 11 is 0. The molecular weight excluding hydrogens is 293 g/mol. The lowest BCUT2D eigenvalue weighted by atomic mass is 10.3. The lowest BCUT2D eigenvalue weighted by molar-refractivity contribution is -0.258. The fourth-order valence-electron chi connectivity index (χ4n) is 0.885. The Labute approximate surface area is 96.8 Å². The summed E-state index contributed by atoms with van der Waals surface area (Å²) in [5.74, 6) is -1.68. The van der Waals surface area contributed by atoms with Crippen LogP contribution in [0.2, 0.25) is 0 Å². The van der Waals surface area contributed by atoms with E-state index in [1.807, 2.05) is 0 Å². The van der Waals surface area contributed by atoms with Crippen LogP contribution in [0, 0.1) is 0 Å². The Morgan fingerprint density at radius 2 is 1.78 bits per heavy atom. The molecule has 1 heterocycles. The minimum atomic E-state index is -6.39. The van der Waals surface area contributed by atoms with E-state index in [-0.39, 0.29) is 6.54 Å². The third kappa shape index (κ3) is 3.05. The van der Waals surface area contributed by atoms with Crippen LogP contribution in [0.15, 0.2) is 0 Å². The summed E-state index contributed by atoms with van der Waals surface area (Å²) in [5, 5.41) is -3.50. The van der Waals surface area contributed by atoms with Crippen LogP contribution in [-0.2, 0) is 19.6 Å². The Morgan fingerprint density at radius 3 is 2.06 bits per heavy atom. The largest absolute Gasteiger partial charge is 0.444 e. The van der Waals surface area contributed by atoms with Gasteiger partial charge >= 0.3 is 27.5 Å². The number of carbonyl (C=O) groups excluding carboxylic acids is 1. The Kier molecular flexibility index (Phi) is 3.57. The van der Waals surface area contributed by atoms with Gasteiger partial charge in [0, 0.05) is 6.54 Å². The fraction of sp³-hybridized carbons (Fsp3) is 0.833. The van der Waals surface area contributed by atoms with Crippen LogP contribution in [0.4, 0.5) is 22.0 Å². The number of halogens is 5. The van der Waals surface area contributed by atoms with E-state index in [9.17, 15) is 35.2 Å². The molecule has 0 spiro atoms. The van der Waals surface area contributed by atoms with Crippen LogP contribution in [0.1, 0.15) is 0 Å². The van der Waals surface area contributed by atoms with Gasteiger partial charge in [-0.3, -0.25) is 9.35 Å². The molecule has 1 saturated heterocycles. The smallest absolute Gasteiger partial charge is 0.432 e. The average Bonchev–Trinajstić information content (AvgIpc) is 2.92. The van der Waals surface area contributed by atoms with Crippen molar-refractivity contribution in [3.8, 4) is 0 Å². The van der Waals surface area contributed by atoms with Crippen molar-refractivity contribution in [3.63, 3.8) is 0 Å². The molecule has 1 aliphatic rings. The third-order valence-electron chi connectivity index (χ3n) is 1.87. The summed E-state index contributed by atoms with van der Waals surface area (Å²) in [6.45, 7) is -0.0686. The zero-order valence-electron chi connectivity index (χ0n) is 8.24. The monoisotopic (exact) mass is 299 g/mol. The summed E-state index contributed by atoms with van der Waals surface area (Å²) in [4.78, 5) is 10.8. The second-order valence-electron chi connectivity index (χ2n) is 3.36. The van der Waals surface area contributed by atoms with E-state index >= 15 is 0 Å². The van der Waals surface area contributed by atoms with Gasteiger partial charge in [-0.15, -0.1) is 0 Å². The summed E-state index contributed by atoms with van der Waals surface area (Å²) in [6.07, 6.45) is -10.1. The molecule has 106 valence electrons. The zero-order valence-corrected chi connectivity index (χ0v) is 9.06. The first-order valence-corrected chi connectivity index (χ1v) is 5.67. The molecule has 2 unspecified atom stereocenters. The highest BCUT2D eigenvalue weighted by Crippen LogP contribution is 2.38. The maximum absolute atomic E-state index is 12.9. The Morgan fingerprint density at radius 1 is 1.33 bits per heavy atom. The summed E-state index contributed by atoms with van der Waals surface area (Å²) in [7, 11) is -6.39. The number of hydrogen-bond donors (Lipinski definition) is 2. The normalized spacial score (nSPS) is 22.4. The van der Waals surface area contributed by atoms with Gasteiger partial charge in [-0.2, -0.15) is 30.4 Å².